The first-order chi connectivity index (χ1) is 8.75. The Balaban J connectivity index is 1.84. The van der Waals surface area contributed by atoms with Crippen LogP contribution in [-0.2, 0) is 6.42 Å². The average Bonchev–Trinajstić information content (AvgIpc) is 2.38. The molecule has 1 N–H and O–H groups in total. The Morgan fingerprint density at radius 1 is 1.22 bits per heavy atom. The Morgan fingerprint density at radius 3 is 2.94 bits per heavy atom. The highest BCUT2D eigenvalue weighted by Crippen LogP contribution is 2.14. The van der Waals surface area contributed by atoms with Crippen LogP contribution in [0.5, 0.6) is 0 Å². The van der Waals surface area contributed by atoms with Crippen LogP contribution in [-0.4, -0.2) is 18.1 Å². The lowest BCUT2D eigenvalue weighted by molar-refractivity contribution is 0.543. The smallest absolute Gasteiger partial charge is 0.0704 e. The molecular weight excluding hydrogens is 220 g/mol. The fraction of sp³-hybridized carbons (Fsp3) is 0.438. The maximum Gasteiger partial charge on any atom is 0.0704 e. The molecule has 1 aromatic heterocycles. The number of pyridine rings is 1. The highest BCUT2D eigenvalue weighted by atomic mass is 14.8. The van der Waals surface area contributed by atoms with Crippen LogP contribution in [0.15, 0.2) is 36.5 Å². The lowest BCUT2D eigenvalue weighted by atomic mass is 10.1. The fourth-order valence-corrected chi connectivity index (χ4v) is 2.08. The molecule has 2 nitrogen and oxygen atoms in total. The standard InChI is InChI=1S/C16H22N2/c1-13(2)12-17-9-3-5-14-7-8-15-6-4-10-18-16(15)11-14/h4,6-8,10-11,13,17H,3,5,9,12H2,1-2H3. The van der Waals surface area contributed by atoms with Crippen LogP contribution in [0.3, 0.4) is 0 Å². The van der Waals surface area contributed by atoms with Crippen molar-refractivity contribution in [1.82, 2.24) is 10.3 Å². The molecule has 1 heterocycles. The van der Waals surface area contributed by atoms with Crippen LogP contribution in [0.2, 0.25) is 0 Å². The van der Waals surface area contributed by atoms with Gasteiger partial charge >= 0.3 is 0 Å². The summed E-state index contributed by atoms with van der Waals surface area (Å²) in [5.41, 5.74) is 2.48. The zero-order valence-corrected chi connectivity index (χ0v) is 11.3. The van der Waals surface area contributed by atoms with E-state index in [9.17, 15) is 0 Å². The average molecular weight is 242 g/mol. The molecule has 2 heteroatoms. The number of aryl methyl sites for hydroxylation is 1. The summed E-state index contributed by atoms with van der Waals surface area (Å²) >= 11 is 0. The zero-order chi connectivity index (χ0) is 12.8. The van der Waals surface area contributed by atoms with Crippen molar-refractivity contribution in [2.24, 2.45) is 5.92 Å². The summed E-state index contributed by atoms with van der Waals surface area (Å²) in [6, 6.07) is 10.7. The molecule has 0 aliphatic rings. The minimum Gasteiger partial charge on any atom is -0.316 e. The van der Waals surface area contributed by atoms with Gasteiger partial charge in [-0.15, -0.1) is 0 Å². The third kappa shape index (κ3) is 3.81. The van der Waals surface area contributed by atoms with Gasteiger partial charge in [0.25, 0.3) is 0 Å². The van der Waals surface area contributed by atoms with E-state index in [2.05, 4.69) is 48.4 Å². The molecule has 0 atom stereocenters. The van der Waals surface area contributed by atoms with E-state index in [1.807, 2.05) is 12.3 Å². The number of hydrogen-bond acceptors (Lipinski definition) is 2. The maximum absolute atomic E-state index is 4.39. The van der Waals surface area contributed by atoms with Crippen molar-refractivity contribution in [3.8, 4) is 0 Å². The first-order valence-electron chi connectivity index (χ1n) is 6.80. The second-order valence-electron chi connectivity index (χ2n) is 5.23. The summed E-state index contributed by atoms with van der Waals surface area (Å²) in [5, 5.41) is 4.70. The Hall–Kier alpha value is -1.41. The van der Waals surface area contributed by atoms with Gasteiger partial charge in [0, 0.05) is 11.6 Å². The lowest BCUT2D eigenvalue weighted by Crippen LogP contribution is -2.21. The molecule has 96 valence electrons. The molecule has 18 heavy (non-hydrogen) atoms. The van der Waals surface area contributed by atoms with Crippen molar-refractivity contribution in [1.29, 1.82) is 0 Å². The summed E-state index contributed by atoms with van der Waals surface area (Å²) < 4.78 is 0. The molecule has 0 spiro atoms. The van der Waals surface area contributed by atoms with E-state index in [0.717, 1.165) is 30.9 Å². The number of fused-ring (bicyclic) bond motifs is 1. The number of nitrogens with zero attached hydrogens (tertiary/aromatic N) is 1. The van der Waals surface area contributed by atoms with Gasteiger partial charge in [-0.2, -0.15) is 0 Å². The van der Waals surface area contributed by atoms with E-state index >= 15 is 0 Å². The van der Waals surface area contributed by atoms with Gasteiger partial charge in [0.1, 0.15) is 0 Å². The van der Waals surface area contributed by atoms with Gasteiger partial charge in [-0.25, -0.2) is 0 Å². The van der Waals surface area contributed by atoms with Crippen molar-refractivity contribution < 1.29 is 0 Å². The molecule has 0 unspecified atom stereocenters. The van der Waals surface area contributed by atoms with Crippen LogP contribution in [0.4, 0.5) is 0 Å². The molecule has 0 saturated heterocycles. The van der Waals surface area contributed by atoms with Gasteiger partial charge in [-0.3, -0.25) is 4.98 Å². The van der Waals surface area contributed by atoms with Gasteiger partial charge < -0.3 is 5.32 Å². The highest BCUT2D eigenvalue weighted by molar-refractivity contribution is 5.78. The predicted octanol–water partition coefficient (Wildman–Crippen LogP) is 3.41. The first-order valence-corrected chi connectivity index (χ1v) is 6.80. The van der Waals surface area contributed by atoms with Crippen molar-refractivity contribution in [3.63, 3.8) is 0 Å². The minimum atomic E-state index is 0.731. The maximum atomic E-state index is 4.39. The van der Waals surface area contributed by atoms with Crippen molar-refractivity contribution in [2.45, 2.75) is 26.7 Å². The zero-order valence-electron chi connectivity index (χ0n) is 11.3. The van der Waals surface area contributed by atoms with Gasteiger partial charge in [-0.05, 0) is 49.5 Å². The SMILES string of the molecule is CC(C)CNCCCc1ccc2cccnc2c1. The Kier molecular flexibility index (Phi) is 4.71. The van der Waals surface area contributed by atoms with Crippen molar-refractivity contribution >= 4 is 10.9 Å². The third-order valence-electron chi connectivity index (χ3n) is 3.04. The van der Waals surface area contributed by atoms with Crippen LogP contribution in [0, 0.1) is 5.92 Å². The second kappa shape index (κ2) is 6.50. The van der Waals surface area contributed by atoms with E-state index < -0.39 is 0 Å². The number of nitrogens with one attached hydrogen (secondary N) is 1. The minimum absolute atomic E-state index is 0.731. The quantitative estimate of drug-likeness (QED) is 0.785. The monoisotopic (exact) mass is 242 g/mol. The number of rotatable bonds is 6. The topological polar surface area (TPSA) is 24.9 Å². The lowest BCUT2D eigenvalue weighted by Gasteiger charge is -2.07. The number of hydrogen-bond donors (Lipinski definition) is 1. The second-order valence-corrected chi connectivity index (χ2v) is 5.23. The molecule has 0 bridgehead atoms. The van der Waals surface area contributed by atoms with Gasteiger partial charge in [0.2, 0.25) is 0 Å². The Bertz CT molecular complexity index is 491. The van der Waals surface area contributed by atoms with Crippen LogP contribution >= 0.6 is 0 Å². The number of benzene rings is 1. The van der Waals surface area contributed by atoms with Gasteiger partial charge in [0.05, 0.1) is 5.52 Å². The molecule has 0 aliphatic heterocycles. The van der Waals surface area contributed by atoms with E-state index in [0.29, 0.717) is 0 Å². The molecule has 0 fully saturated rings. The van der Waals surface area contributed by atoms with Crippen LogP contribution in [0.25, 0.3) is 10.9 Å². The van der Waals surface area contributed by atoms with E-state index in [1.165, 1.54) is 17.4 Å². The van der Waals surface area contributed by atoms with E-state index in [-0.39, 0.29) is 0 Å². The molecule has 0 saturated carbocycles. The summed E-state index contributed by atoms with van der Waals surface area (Å²) in [5.74, 6) is 0.731. The van der Waals surface area contributed by atoms with Gasteiger partial charge in [0.15, 0.2) is 0 Å². The Morgan fingerprint density at radius 2 is 2.11 bits per heavy atom. The first kappa shape index (κ1) is 13.0. The molecular formula is C16H22N2. The number of aromatic nitrogens is 1. The normalized spacial score (nSPS) is 11.3. The fourth-order valence-electron chi connectivity index (χ4n) is 2.08. The summed E-state index contributed by atoms with van der Waals surface area (Å²) in [6.07, 6.45) is 4.17. The Labute approximate surface area is 109 Å². The molecule has 1 aromatic carbocycles. The molecule has 0 amide bonds. The summed E-state index contributed by atoms with van der Waals surface area (Å²) in [6.45, 7) is 6.68. The van der Waals surface area contributed by atoms with Crippen LogP contribution in [0.1, 0.15) is 25.8 Å². The molecule has 2 rings (SSSR count). The third-order valence-corrected chi connectivity index (χ3v) is 3.04. The highest BCUT2D eigenvalue weighted by Gasteiger charge is 1.98. The van der Waals surface area contributed by atoms with Crippen molar-refractivity contribution in [3.05, 3.63) is 42.1 Å². The van der Waals surface area contributed by atoms with E-state index in [4.69, 9.17) is 0 Å². The van der Waals surface area contributed by atoms with E-state index in [1.54, 1.807) is 0 Å². The summed E-state index contributed by atoms with van der Waals surface area (Å²) in [4.78, 5) is 4.39. The molecule has 2 aromatic rings. The molecule has 0 radical (unpaired) electrons. The summed E-state index contributed by atoms with van der Waals surface area (Å²) in [7, 11) is 0. The largest absolute Gasteiger partial charge is 0.316 e. The predicted molar refractivity (Wildman–Crippen MR) is 77.8 cm³/mol. The van der Waals surface area contributed by atoms with Crippen LogP contribution < -0.4 is 5.32 Å². The van der Waals surface area contributed by atoms with Crippen molar-refractivity contribution in [2.75, 3.05) is 13.1 Å². The van der Waals surface area contributed by atoms with Gasteiger partial charge in [-0.1, -0.05) is 32.0 Å². The molecule has 0 aliphatic carbocycles.